The third-order valence-corrected chi connectivity index (χ3v) is 4.18. The van der Waals surface area contributed by atoms with Crippen LogP contribution in [-0.2, 0) is 0 Å². The lowest BCUT2D eigenvalue weighted by Gasteiger charge is -2.28. The van der Waals surface area contributed by atoms with Crippen molar-refractivity contribution >= 4 is 7.85 Å². The molecule has 0 aromatic heterocycles. The molecular formula is C14H27B. The van der Waals surface area contributed by atoms with E-state index < -0.39 is 0 Å². The largest absolute Gasteiger partial charge is 0.0742 e. The Morgan fingerprint density at radius 2 is 1.87 bits per heavy atom. The van der Waals surface area contributed by atoms with Gasteiger partial charge in [0, 0.05) is 0 Å². The minimum absolute atomic E-state index is 0.0944. The maximum Gasteiger partial charge on any atom is 0.0742 e. The topological polar surface area (TPSA) is 0 Å². The molecule has 1 aliphatic rings. The maximum absolute atomic E-state index is 6.32. The molecule has 1 saturated carbocycles. The average molecular weight is 206 g/mol. The van der Waals surface area contributed by atoms with Gasteiger partial charge < -0.3 is 0 Å². The van der Waals surface area contributed by atoms with Crippen molar-refractivity contribution < 1.29 is 0 Å². The quantitative estimate of drug-likeness (QED) is 0.550. The van der Waals surface area contributed by atoms with E-state index in [2.05, 4.69) is 27.7 Å². The summed E-state index contributed by atoms with van der Waals surface area (Å²) in [5.74, 6) is 2.61. The number of rotatable bonds is 1. The van der Waals surface area contributed by atoms with Crippen molar-refractivity contribution in [3.63, 3.8) is 0 Å². The van der Waals surface area contributed by atoms with E-state index in [-0.39, 0.29) is 5.31 Å². The van der Waals surface area contributed by atoms with E-state index >= 15 is 0 Å². The molecule has 0 bridgehead atoms. The minimum atomic E-state index is 0.0944. The lowest BCUT2D eigenvalue weighted by molar-refractivity contribution is 0.279. The van der Waals surface area contributed by atoms with Crippen LogP contribution < -0.4 is 0 Å². The van der Waals surface area contributed by atoms with Crippen molar-refractivity contribution in [1.29, 1.82) is 0 Å². The summed E-state index contributed by atoms with van der Waals surface area (Å²) in [6.45, 7) is 9.38. The Morgan fingerprint density at radius 3 is 2.47 bits per heavy atom. The normalized spacial score (nSPS) is 39.5. The number of hydrogen-bond donors (Lipinski definition) is 0. The Balaban J connectivity index is 2.60. The summed E-state index contributed by atoms with van der Waals surface area (Å²) in [6.07, 6.45) is 7.85. The zero-order valence-corrected chi connectivity index (χ0v) is 11.1. The molecule has 2 radical (unpaired) electrons. The van der Waals surface area contributed by atoms with Gasteiger partial charge in [-0.2, -0.15) is 0 Å². The minimum Gasteiger partial charge on any atom is -0.0688 e. The average Bonchev–Trinajstić information content (AvgIpc) is 2.16. The van der Waals surface area contributed by atoms with Crippen molar-refractivity contribution in [1.82, 2.24) is 0 Å². The van der Waals surface area contributed by atoms with Crippen LogP contribution in [0.3, 0.4) is 0 Å². The molecule has 0 nitrogen and oxygen atoms in total. The van der Waals surface area contributed by atoms with Gasteiger partial charge in [-0.05, 0) is 24.2 Å². The van der Waals surface area contributed by atoms with E-state index in [0.29, 0.717) is 0 Å². The molecule has 1 aliphatic carbocycles. The third-order valence-electron chi connectivity index (χ3n) is 4.18. The van der Waals surface area contributed by atoms with Crippen molar-refractivity contribution in [3.8, 4) is 0 Å². The van der Waals surface area contributed by atoms with Gasteiger partial charge in [0.25, 0.3) is 0 Å². The van der Waals surface area contributed by atoms with Crippen LogP contribution in [0, 0.1) is 17.8 Å². The second kappa shape index (κ2) is 5.41. The summed E-state index contributed by atoms with van der Waals surface area (Å²) in [5.41, 5.74) is 0. The first-order valence-corrected chi connectivity index (χ1v) is 6.69. The molecule has 1 heteroatoms. The Labute approximate surface area is 97.6 Å². The second-order valence-electron chi connectivity index (χ2n) is 6.43. The highest BCUT2D eigenvalue weighted by Gasteiger charge is 2.24. The van der Waals surface area contributed by atoms with Crippen molar-refractivity contribution in [2.45, 2.75) is 71.5 Å². The van der Waals surface area contributed by atoms with Crippen LogP contribution in [0.4, 0.5) is 0 Å². The smallest absolute Gasteiger partial charge is 0.0688 e. The van der Waals surface area contributed by atoms with Crippen LogP contribution in [0.2, 0.25) is 5.31 Å². The summed E-state index contributed by atoms with van der Waals surface area (Å²) < 4.78 is 0. The molecule has 0 amide bonds. The first-order valence-electron chi connectivity index (χ1n) is 6.69. The summed E-state index contributed by atoms with van der Waals surface area (Å²) in [6, 6.07) is 0. The fraction of sp³-hybridized carbons (Fsp3) is 1.00. The molecule has 1 fully saturated rings. The molecule has 0 N–H and O–H groups in total. The number of hydrogen-bond acceptors (Lipinski definition) is 0. The fourth-order valence-electron chi connectivity index (χ4n) is 2.85. The Morgan fingerprint density at radius 1 is 1.20 bits per heavy atom. The molecule has 0 heterocycles. The maximum atomic E-state index is 6.32. The molecule has 0 aromatic rings. The Kier molecular flexibility index (Phi) is 4.74. The summed E-state index contributed by atoms with van der Waals surface area (Å²) >= 11 is 0. The van der Waals surface area contributed by atoms with Gasteiger partial charge in [-0.1, -0.05) is 65.1 Å². The van der Waals surface area contributed by atoms with Gasteiger partial charge >= 0.3 is 0 Å². The van der Waals surface area contributed by atoms with Gasteiger partial charge in [0.05, 0.1) is 7.85 Å². The first-order chi connectivity index (χ1) is 6.91. The fourth-order valence-corrected chi connectivity index (χ4v) is 2.85. The lowest BCUT2D eigenvalue weighted by Crippen LogP contribution is -2.14. The van der Waals surface area contributed by atoms with Crippen LogP contribution in [0.1, 0.15) is 66.2 Å². The van der Waals surface area contributed by atoms with Crippen molar-refractivity contribution in [2.75, 3.05) is 0 Å². The zero-order valence-electron chi connectivity index (χ0n) is 11.1. The molecule has 15 heavy (non-hydrogen) atoms. The Hall–Kier alpha value is 0.0649. The molecule has 86 valence electrons. The van der Waals surface area contributed by atoms with Crippen LogP contribution in [-0.4, -0.2) is 7.85 Å². The van der Waals surface area contributed by atoms with E-state index in [0.717, 1.165) is 17.8 Å². The molecule has 0 spiro atoms. The van der Waals surface area contributed by atoms with E-state index in [1.807, 2.05) is 0 Å². The van der Waals surface area contributed by atoms with Crippen LogP contribution in [0.15, 0.2) is 0 Å². The third kappa shape index (κ3) is 4.61. The summed E-state index contributed by atoms with van der Waals surface area (Å²) in [7, 11) is 6.32. The Bertz CT molecular complexity index is 184. The predicted octanol–water partition coefficient (Wildman–Crippen LogP) is 4.60. The van der Waals surface area contributed by atoms with E-state index in [1.165, 1.54) is 38.5 Å². The van der Waals surface area contributed by atoms with Crippen LogP contribution in [0.25, 0.3) is 0 Å². The summed E-state index contributed by atoms with van der Waals surface area (Å²) in [5, 5.41) is 0.0944. The molecule has 0 aromatic carbocycles. The monoisotopic (exact) mass is 206 g/mol. The van der Waals surface area contributed by atoms with Crippen LogP contribution in [0.5, 0.6) is 0 Å². The van der Waals surface area contributed by atoms with E-state index in [9.17, 15) is 0 Å². The lowest BCUT2D eigenvalue weighted by atomic mass is 9.64. The predicted molar refractivity (Wildman–Crippen MR) is 69.3 cm³/mol. The highest BCUT2D eigenvalue weighted by molar-refractivity contribution is 6.14. The van der Waals surface area contributed by atoms with Gasteiger partial charge in [-0.3, -0.25) is 0 Å². The first kappa shape index (κ1) is 13.1. The highest BCUT2D eigenvalue weighted by atomic mass is 14.3. The van der Waals surface area contributed by atoms with E-state index in [4.69, 9.17) is 7.85 Å². The van der Waals surface area contributed by atoms with Crippen LogP contribution >= 0.6 is 0 Å². The molecular weight excluding hydrogens is 179 g/mol. The van der Waals surface area contributed by atoms with Crippen molar-refractivity contribution in [2.24, 2.45) is 17.8 Å². The van der Waals surface area contributed by atoms with Gasteiger partial charge in [0.2, 0.25) is 0 Å². The van der Waals surface area contributed by atoms with Crippen molar-refractivity contribution in [3.05, 3.63) is 0 Å². The zero-order chi connectivity index (χ0) is 11.5. The second-order valence-corrected chi connectivity index (χ2v) is 6.43. The molecule has 3 atom stereocenters. The van der Waals surface area contributed by atoms with Gasteiger partial charge in [-0.15, -0.1) is 0 Å². The van der Waals surface area contributed by atoms with Gasteiger partial charge in [0.1, 0.15) is 0 Å². The van der Waals surface area contributed by atoms with E-state index in [1.54, 1.807) is 0 Å². The molecule has 0 saturated heterocycles. The molecule has 3 unspecified atom stereocenters. The standard InChI is InChI=1S/C14H27B/c1-11(2)13-7-9-14(4,15)8-5-6-12(3)10-13/h11-13H,5-10H2,1-4H3. The van der Waals surface area contributed by atoms with Gasteiger partial charge in [0.15, 0.2) is 0 Å². The van der Waals surface area contributed by atoms with Gasteiger partial charge in [-0.25, -0.2) is 0 Å². The SMILES string of the molecule is [B]C1(C)CCCC(C)CC(C(C)C)CC1. The summed E-state index contributed by atoms with van der Waals surface area (Å²) in [4.78, 5) is 0. The molecule has 1 rings (SSSR count). The molecule has 0 aliphatic heterocycles. The highest BCUT2D eigenvalue weighted by Crippen LogP contribution is 2.40.